The van der Waals surface area contributed by atoms with Crippen molar-refractivity contribution in [1.82, 2.24) is 19.9 Å². The number of hydrogen-bond donors (Lipinski definition) is 0. The van der Waals surface area contributed by atoms with Crippen LogP contribution in [0.25, 0.3) is 11.0 Å². The third-order valence-corrected chi connectivity index (χ3v) is 5.15. The van der Waals surface area contributed by atoms with E-state index in [1.807, 2.05) is 43.7 Å². The third kappa shape index (κ3) is 3.42. The van der Waals surface area contributed by atoms with Gasteiger partial charge in [0.05, 0.1) is 17.2 Å². The summed E-state index contributed by atoms with van der Waals surface area (Å²) in [5.74, 6) is 1.71. The second-order valence-electron chi connectivity index (χ2n) is 6.75. The van der Waals surface area contributed by atoms with E-state index in [1.54, 1.807) is 0 Å². The van der Waals surface area contributed by atoms with E-state index in [0.29, 0.717) is 11.1 Å². The number of hydrogen-bond acceptors (Lipinski definition) is 6. The molecule has 6 nitrogen and oxygen atoms in total. The van der Waals surface area contributed by atoms with Crippen LogP contribution in [-0.2, 0) is 0 Å². The molecule has 1 aliphatic rings. The summed E-state index contributed by atoms with van der Waals surface area (Å²) in [6, 6.07) is 6.05. The molecule has 26 heavy (non-hydrogen) atoms. The van der Waals surface area contributed by atoms with E-state index in [2.05, 4.69) is 31.8 Å². The molecule has 1 fully saturated rings. The number of nitrogens with zero attached hydrogens (tertiary/aromatic N) is 6. The first-order valence-corrected chi connectivity index (χ1v) is 9.17. The van der Waals surface area contributed by atoms with Crippen molar-refractivity contribution in [3.8, 4) is 0 Å². The van der Waals surface area contributed by atoms with Crippen molar-refractivity contribution >= 4 is 34.4 Å². The van der Waals surface area contributed by atoms with E-state index in [-0.39, 0.29) is 0 Å². The Hall–Kier alpha value is -2.47. The molecule has 3 aromatic rings. The smallest absolute Gasteiger partial charge is 0.225 e. The number of halogens is 1. The highest BCUT2D eigenvalue weighted by Crippen LogP contribution is 2.24. The van der Waals surface area contributed by atoms with E-state index in [4.69, 9.17) is 16.6 Å². The normalized spacial score (nSPS) is 15.4. The van der Waals surface area contributed by atoms with E-state index in [1.165, 1.54) is 0 Å². The quantitative estimate of drug-likeness (QED) is 0.705. The van der Waals surface area contributed by atoms with E-state index in [0.717, 1.165) is 54.3 Å². The first-order chi connectivity index (χ1) is 12.6. The summed E-state index contributed by atoms with van der Waals surface area (Å²) in [5.41, 5.74) is 2.78. The van der Waals surface area contributed by atoms with E-state index in [9.17, 15) is 0 Å². The molecule has 1 aromatic carbocycles. The van der Waals surface area contributed by atoms with Crippen molar-refractivity contribution in [3.05, 3.63) is 47.4 Å². The Morgan fingerprint density at radius 2 is 1.77 bits per heavy atom. The van der Waals surface area contributed by atoms with Crippen LogP contribution >= 0.6 is 11.6 Å². The molecule has 0 N–H and O–H groups in total. The maximum Gasteiger partial charge on any atom is 0.225 e. The van der Waals surface area contributed by atoms with Gasteiger partial charge < -0.3 is 9.80 Å². The Kier molecular flexibility index (Phi) is 4.59. The van der Waals surface area contributed by atoms with Gasteiger partial charge in [-0.15, -0.1) is 0 Å². The van der Waals surface area contributed by atoms with E-state index < -0.39 is 0 Å². The highest BCUT2D eigenvalue weighted by atomic mass is 35.5. The summed E-state index contributed by atoms with van der Waals surface area (Å²) in [6.45, 7) is 3.88. The second-order valence-corrected chi connectivity index (χ2v) is 7.19. The lowest BCUT2D eigenvalue weighted by Crippen LogP contribution is -2.44. The molecule has 0 amide bonds. The number of aromatic nitrogens is 4. The SMILES string of the molecule is Cc1cnc(N(C)C2CCN(c3cnc4cc(Cl)ccc4n3)CC2)nc1. The molecule has 0 spiro atoms. The lowest BCUT2D eigenvalue weighted by molar-refractivity contribution is 0.475. The number of piperidine rings is 1. The molecular weight excluding hydrogens is 348 g/mol. The van der Waals surface area contributed by atoms with Crippen molar-refractivity contribution in [2.75, 3.05) is 29.9 Å². The average Bonchev–Trinajstić information content (AvgIpc) is 2.68. The highest BCUT2D eigenvalue weighted by molar-refractivity contribution is 6.31. The highest BCUT2D eigenvalue weighted by Gasteiger charge is 2.24. The van der Waals surface area contributed by atoms with Crippen LogP contribution in [0.3, 0.4) is 0 Å². The van der Waals surface area contributed by atoms with Gasteiger partial charge in [0.1, 0.15) is 5.82 Å². The summed E-state index contributed by atoms with van der Waals surface area (Å²) >= 11 is 6.02. The van der Waals surface area contributed by atoms with Crippen molar-refractivity contribution in [2.45, 2.75) is 25.8 Å². The molecule has 1 aliphatic heterocycles. The van der Waals surface area contributed by atoms with Gasteiger partial charge in [0.15, 0.2) is 0 Å². The molecule has 0 atom stereocenters. The molecule has 134 valence electrons. The fraction of sp³-hybridized carbons (Fsp3) is 0.368. The van der Waals surface area contributed by atoms with Gasteiger partial charge in [-0.05, 0) is 43.5 Å². The van der Waals surface area contributed by atoms with Crippen molar-refractivity contribution in [3.63, 3.8) is 0 Å². The summed E-state index contributed by atoms with van der Waals surface area (Å²) < 4.78 is 0. The molecule has 0 bridgehead atoms. The van der Waals surface area contributed by atoms with Gasteiger partial charge in [-0.25, -0.2) is 15.0 Å². The maximum absolute atomic E-state index is 6.02. The van der Waals surface area contributed by atoms with Gasteiger partial charge in [-0.1, -0.05) is 11.6 Å². The fourth-order valence-electron chi connectivity index (χ4n) is 3.34. The van der Waals surface area contributed by atoms with Gasteiger partial charge >= 0.3 is 0 Å². The van der Waals surface area contributed by atoms with Gasteiger partial charge in [0.25, 0.3) is 0 Å². The van der Waals surface area contributed by atoms with E-state index >= 15 is 0 Å². The van der Waals surface area contributed by atoms with Crippen LogP contribution in [0.2, 0.25) is 5.02 Å². The molecule has 1 saturated heterocycles. The predicted octanol–water partition coefficient (Wildman–Crippen LogP) is 3.49. The molecule has 3 heterocycles. The second kappa shape index (κ2) is 7.03. The monoisotopic (exact) mass is 368 g/mol. The Bertz CT molecular complexity index is 906. The van der Waals surface area contributed by atoms with Crippen LogP contribution < -0.4 is 9.80 Å². The van der Waals surface area contributed by atoms with Crippen LogP contribution in [0.4, 0.5) is 11.8 Å². The van der Waals surface area contributed by atoms with Crippen LogP contribution in [0.5, 0.6) is 0 Å². The van der Waals surface area contributed by atoms with Crippen LogP contribution in [-0.4, -0.2) is 46.1 Å². The number of anilines is 2. The maximum atomic E-state index is 6.02. The summed E-state index contributed by atoms with van der Waals surface area (Å²) in [5, 5.41) is 0.682. The Labute approximate surface area is 157 Å². The van der Waals surface area contributed by atoms with Crippen LogP contribution in [0.15, 0.2) is 36.8 Å². The third-order valence-electron chi connectivity index (χ3n) is 4.91. The molecule has 0 saturated carbocycles. The van der Waals surface area contributed by atoms with Crippen molar-refractivity contribution < 1.29 is 0 Å². The van der Waals surface area contributed by atoms with Crippen molar-refractivity contribution in [1.29, 1.82) is 0 Å². The molecule has 0 unspecified atom stereocenters. The number of rotatable bonds is 3. The number of aryl methyl sites for hydroxylation is 1. The number of benzene rings is 1. The van der Waals surface area contributed by atoms with Crippen molar-refractivity contribution in [2.24, 2.45) is 0 Å². The standard InChI is InChI=1S/C19H21ClN6/c1-13-10-22-19(23-11-13)25(2)15-5-7-26(8-6-15)18-12-21-17-9-14(20)3-4-16(17)24-18/h3-4,9-12,15H,5-8H2,1-2H3. The van der Waals surface area contributed by atoms with Gasteiger partial charge in [0.2, 0.25) is 5.95 Å². The predicted molar refractivity (Wildman–Crippen MR) is 105 cm³/mol. The Balaban J connectivity index is 1.44. The lowest BCUT2D eigenvalue weighted by atomic mass is 10.0. The topological polar surface area (TPSA) is 58.0 Å². The summed E-state index contributed by atoms with van der Waals surface area (Å²) in [7, 11) is 2.07. The molecule has 0 aliphatic carbocycles. The zero-order valence-corrected chi connectivity index (χ0v) is 15.7. The molecule has 2 aromatic heterocycles. The number of fused-ring (bicyclic) bond motifs is 1. The minimum atomic E-state index is 0.432. The van der Waals surface area contributed by atoms with Gasteiger partial charge in [-0.3, -0.25) is 4.98 Å². The van der Waals surface area contributed by atoms with Gasteiger partial charge in [0, 0.05) is 43.6 Å². The summed E-state index contributed by atoms with van der Waals surface area (Å²) in [6.07, 6.45) is 7.64. The molecule has 4 rings (SSSR count). The van der Waals surface area contributed by atoms with Crippen LogP contribution in [0, 0.1) is 6.92 Å². The molecule has 7 heteroatoms. The minimum absolute atomic E-state index is 0.432. The minimum Gasteiger partial charge on any atom is -0.355 e. The zero-order valence-electron chi connectivity index (χ0n) is 14.9. The first kappa shape index (κ1) is 17.0. The molecular formula is C19H21ClN6. The Morgan fingerprint density at radius 1 is 1.04 bits per heavy atom. The lowest BCUT2D eigenvalue weighted by Gasteiger charge is -2.37. The Morgan fingerprint density at radius 3 is 2.50 bits per heavy atom. The molecule has 0 radical (unpaired) electrons. The first-order valence-electron chi connectivity index (χ1n) is 8.79. The zero-order chi connectivity index (χ0) is 18.1. The van der Waals surface area contributed by atoms with Crippen LogP contribution in [0.1, 0.15) is 18.4 Å². The fourth-order valence-corrected chi connectivity index (χ4v) is 3.51. The average molecular weight is 369 g/mol. The summed E-state index contributed by atoms with van der Waals surface area (Å²) in [4.78, 5) is 22.6. The largest absolute Gasteiger partial charge is 0.355 e. The van der Waals surface area contributed by atoms with Gasteiger partial charge in [-0.2, -0.15) is 0 Å².